The van der Waals surface area contributed by atoms with Crippen molar-refractivity contribution in [3.8, 4) is 27.9 Å². The summed E-state index contributed by atoms with van der Waals surface area (Å²) in [5.41, 5.74) is 15.7. The number of benzene rings is 7. The van der Waals surface area contributed by atoms with Gasteiger partial charge in [0, 0.05) is 57.8 Å². The maximum atomic E-state index is 2.43. The van der Waals surface area contributed by atoms with Crippen LogP contribution in [-0.2, 0) is 6.42 Å². The fourth-order valence-corrected chi connectivity index (χ4v) is 7.79. The lowest BCUT2D eigenvalue weighted by molar-refractivity contribution is 0.968. The summed E-state index contributed by atoms with van der Waals surface area (Å²) in [5, 5.41) is 1.35. The third-order valence-electron chi connectivity index (χ3n) is 10.3. The van der Waals surface area contributed by atoms with Gasteiger partial charge in [-0.25, -0.2) is 0 Å². The second-order valence-corrected chi connectivity index (χ2v) is 13.4. The summed E-state index contributed by atoms with van der Waals surface area (Å²) in [6, 6.07) is 65.4. The highest BCUT2D eigenvalue weighted by atomic mass is 15.1. The highest BCUT2D eigenvalue weighted by Crippen LogP contribution is 2.43. The number of fused-ring (bicyclic) bond motifs is 3. The Morgan fingerprint density at radius 1 is 0.500 bits per heavy atom. The molecule has 0 unspecified atom stereocenters. The van der Waals surface area contributed by atoms with Crippen LogP contribution in [-0.4, -0.2) is 11.6 Å². The number of aryl methyl sites for hydroxylation is 1. The minimum Gasteiger partial charge on any atom is -0.344 e. The van der Waals surface area contributed by atoms with Gasteiger partial charge in [-0.1, -0.05) is 115 Å². The molecule has 8 aromatic rings. The Morgan fingerprint density at radius 3 is 1.71 bits per heavy atom. The van der Waals surface area contributed by atoms with Gasteiger partial charge < -0.3 is 14.4 Å². The van der Waals surface area contributed by atoms with E-state index in [9.17, 15) is 0 Å². The second kappa shape index (κ2) is 13.6. The summed E-state index contributed by atoms with van der Waals surface area (Å²) in [4.78, 5) is 4.62. The molecule has 52 heavy (non-hydrogen) atoms. The fourth-order valence-electron chi connectivity index (χ4n) is 7.79. The molecule has 3 heteroatoms. The Labute approximate surface area is 306 Å². The van der Waals surface area contributed by atoms with Crippen LogP contribution in [0.4, 0.5) is 28.4 Å². The number of allylic oxidation sites excluding steroid dienone is 1. The molecule has 0 radical (unpaired) electrons. The van der Waals surface area contributed by atoms with Crippen molar-refractivity contribution in [3.05, 3.63) is 199 Å². The van der Waals surface area contributed by atoms with Crippen LogP contribution in [0.5, 0.6) is 0 Å². The second-order valence-electron chi connectivity index (χ2n) is 13.4. The molecule has 0 atom stereocenters. The third kappa shape index (κ3) is 5.67. The van der Waals surface area contributed by atoms with Gasteiger partial charge in [-0.15, -0.1) is 0 Å². The highest BCUT2D eigenvalue weighted by molar-refractivity contribution is 6.02. The molecule has 0 saturated heterocycles. The molecule has 0 bridgehead atoms. The zero-order valence-electron chi connectivity index (χ0n) is 29.2. The number of anilines is 5. The van der Waals surface area contributed by atoms with E-state index in [0.29, 0.717) is 0 Å². The maximum absolute atomic E-state index is 2.43. The fraction of sp³-hybridized carbons (Fsp3) is 0.0612. The first-order chi connectivity index (χ1) is 25.7. The summed E-state index contributed by atoms with van der Waals surface area (Å²) in [7, 11) is 2.16. The zero-order chi connectivity index (χ0) is 34.9. The Balaban J connectivity index is 1.19. The topological polar surface area (TPSA) is 11.4 Å². The Hall–Kier alpha value is -6.58. The van der Waals surface area contributed by atoms with Gasteiger partial charge in [0.05, 0.1) is 5.52 Å². The van der Waals surface area contributed by atoms with Gasteiger partial charge in [-0.3, -0.25) is 0 Å². The predicted octanol–water partition coefficient (Wildman–Crippen LogP) is 13.2. The first-order valence-corrected chi connectivity index (χ1v) is 18.1. The van der Waals surface area contributed by atoms with Crippen LogP contribution in [0.25, 0.3) is 44.9 Å². The van der Waals surface area contributed by atoms with Gasteiger partial charge in [0.2, 0.25) is 0 Å². The zero-order valence-corrected chi connectivity index (χ0v) is 29.2. The van der Waals surface area contributed by atoms with Crippen LogP contribution >= 0.6 is 0 Å². The molecule has 0 saturated carbocycles. The van der Waals surface area contributed by atoms with Crippen LogP contribution in [0.2, 0.25) is 0 Å². The van der Waals surface area contributed by atoms with Gasteiger partial charge in [-0.2, -0.15) is 0 Å². The molecule has 7 aromatic carbocycles. The summed E-state index contributed by atoms with van der Waals surface area (Å²) < 4.78 is 2.43. The first-order valence-electron chi connectivity index (χ1n) is 18.1. The van der Waals surface area contributed by atoms with E-state index in [-0.39, 0.29) is 0 Å². The lowest BCUT2D eigenvalue weighted by atomic mass is 9.93. The van der Waals surface area contributed by atoms with Crippen molar-refractivity contribution in [2.45, 2.75) is 12.8 Å². The molecule has 1 aliphatic rings. The molecule has 0 aliphatic heterocycles. The van der Waals surface area contributed by atoms with Crippen molar-refractivity contribution in [3.63, 3.8) is 0 Å². The monoisotopic (exact) mass is 669 g/mol. The van der Waals surface area contributed by atoms with Crippen LogP contribution in [0.3, 0.4) is 0 Å². The van der Waals surface area contributed by atoms with Crippen molar-refractivity contribution < 1.29 is 0 Å². The van der Waals surface area contributed by atoms with E-state index >= 15 is 0 Å². The lowest BCUT2D eigenvalue weighted by Crippen LogP contribution is -2.13. The van der Waals surface area contributed by atoms with E-state index in [1.807, 2.05) is 0 Å². The average Bonchev–Trinajstić information content (AvgIpc) is 3.57. The van der Waals surface area contributed by atoms with Crippen LogP contribution < -0.4 is 9.80 Å². The molecule has 0 amide bonds. The minimum atomic E-state index is 1.04. The number of hydrogen-bond acceptors (Lipinski definition) is 2. The number of rotatable bonds is 8. The molecule has 9 rings (SSSR count). The largest absolute Gasteiger partial charge is 0.344 e. The molecule has 0 fully saturated rings. The number of aromatic nitrogens is 1. The lowest BCUT2D eigenvalue weighted by Gasteiger charge is -2.28. The quantitative estimate of drug-likeness (QED) is 0.160. The van der Waals surface area contributed by atoms with Crippen LogP contribution in [0.1, 0.15) is 17.7 Å². The summed E-state index contributed by atoms with van der Waals surface area (Å²) >= 11 is 0. The number of para-hydroxylation sites is 4. The molecule has 1 aliphatic carbocycles. The van der Waals surface area contributed by atoms with Gasteiger partial charge in [0.1, 0.15) is 0 Å². The summed E-state index contributed by atoms with van der Waals surface area (Å²) in [5.74, 6) is 0. The standard InChI is InChI=1S/C49H39N3/c1-50(38-17-6-2-7-18-38)46-34-33-42(51(39-19-8-3-9-20-39)40-21-10-4-11-22-40)35-45(46)37-31-29-36(30-32-37)43-26-16-28-48-49(43)44-25-14-15-27-47(44)52(48)41-23-12-5-13-24-41/h2-13,15-24,26-35H,14,25H2,1H3. The van der Waals surface area contributed by atoms with Crippen molar-refractivity contribution in [1.82, 2.24) is 4.57 Å². The van der Waals surface area contributed by atoms with Crippen LogP contribution in [0.15, 0.2) is 188 Å². The Kier molecular flexibility index (Phi) is 8.22. The maximum Gasteiger partial charge on any atom is 0.0543 e. The molecule has 1 aromatic heterocycles. The third-order valence-corrected chi connectivity index (χ3v) is 10.3. The van der Waals surface area contributed by atoms with Gasteiger partial charge in [0.15, 0.2) is 0 Å². The van der Waals surface area contributed by atoms with Gasteiger partial charge in [-0.05, 0) is 114 Å². The predicted molar refractivity (Wildman–Crippen MR) is 221 cm³/mol. The normalized spacial score (nSPS) is 12.1. The molecule has 1 heterocycles. The van der Waals surface area contributed by atoms with E-state index in [2.05, 4.69) is 216 Å². The molecular formula is C49H39N3. The Bertz CT molecular complexity index is 2460. The van der Waals surface area contributed by atoms with E-state index in [0.717, 1.165) is 41.3 Å². The van der Waals surface area contributed by atoms with Crippen LogP contribution in [0, 0.1) is 0 Å². The molecule has 3 nitrogen and oxygen atoms in total. The average molecular weight is 670 g/mol. The Morgan fingerprint density at radius 2 is 1.08 bits per heavy atom. The molecule has 0 spiro atoms. The molecule has 0 N–H and O–H groups in total. The van der Waals surface area contributed by atoms with Crippen molar-refractivity contribution in [2.75, 3.05) is 16.8 Å². The van der Waals surface area contributed by atoms with Gasteiger partial charge >= 0.3 is 0 Å². The van der Waals surface area contributed by atoms with E-state index < -0.39 is 0 Å². The molecular weight excluding hydrogens is 631 g/mol. The van der Waals surface area contributed by atoms with Gasteiger partial charge in [0.25, 0.3) is 0 Å². The van der Waals surface area contributed by atoms with Crippen molar-refractivity contribution >= 4 is 45.4 Å². The smallest absolute Gasteiger partial charge is 0.0543 e. The summed E-state index contributed by atoms with van der Waals surface area (Å²) in [6.07, 6.45) is 6.72. The number of nitrogens with zero attached hydrogens (tertiary/aromatic N) is 3. The SMILES string of the molecule is CN(c1ccccc1)c1ccc(N(c2ccccc2)c2ccccc2)cc1-c1ccc(-c2cccc3c2c2c(n3-c3ccccc3)C=CCC2)cc1. The highest BCUT2D eigenvalue weighted by Gasteiger charge is 2.22. The minimum absolute atomic E-state index is 1.04. The summed E-state index contributed by atoms with van der Waals surface area (Å²) in [6.45, 7) is 0. The molecule has 250 valence electrons. The van der Waals surface area contributed by atoms with Crippen molar-refractivity contribution in [2.24, 2.45) is 0 Å². The first kappa shape index (κ1) is 31.4. The van der Waals surface area contributed by atoms with E-state index in [1.165, 1.54) is 50.1 Å². The van der Waals surface area contributed by atoms with E-state index in [1.54, 1.807) is 0 Å². The number of hydrogen-bond donors (Lipinski definition) is 0. The van der Waals surface area contributed by atoms with Crippen molar-refractivity contribution in [1.29, 1.82) is 0 Å². The van der Waals surface area contributed by atoms with E-state index in [4.69, 9.17) is 0 Å².